The minimum Gasteiger partial charge on any atom is -0.0732 e. The minimum atomic E-state index is 0.559. The second kappa shape index (κ2) is 4.74. The van der Waals surface area contributed by atoms with Crippen LogP contribution in [0.2, 0.25) is 17.5 Å². The van der Waals surface area contributed by atoms with E-state index >= 15 is 0 Å². The first-order chi connectivity index (χ1) is 7.53. The highest BCUT2D eigenvalue weighted by Gasteiger charge is 2.47. The Morgan fingerprint density at radius 1 is 1.00 bits per heavy atom. The molecule has 0 unspecified atom stereocenters. The topological polar surface area (TPSA) is 0 Å². The van der Waals surface area contributed by atoms with Crippen LogP contribution in [0, 0.1) is 11.8 Å². The molecule has 1 saturated carbocycles. The molecule has 0 aromatic rings. The zero-order chi connectivity index (χ0) is 11.8. The van der Waals surface area contributed by atoms with Gasteiger partial charge in [0.15, 0.2) is 0 Å². The predicted molar refractivity (Wildman–Crippen MR) is 74.4 cm³/mol. The Kier molecular flexibility index (Phi) is 3.71. The van der Waals surface area contributed by atoms with Gasteiger partial charge in [-0.3, -0.25) is 0 Å². The Labute approximate surface area is 103 Å². The van der Waals surface area contributed by atoms with E-state index in [0.29, 0.717) is 5.31 Å². The molecule has 0 nitrogen and oxygen atoms in total. The highest BCUT2D eigenvalue weighted by molar-refractivity contribution is 6.64. The van der Waals surface area contributed by atoms with E-state index in [-0.39, 0.29) is 0 Å². The van der Waals surface area contributed by atoms with Crippen molar-refractivity contribution in [3.8, 4) is 0 Å². The summed E-state index contributed by atoms with van der Waals surface area (Å²) >= 11 is 0. The summed E-state index contributed by atoms with van der Waals surface area (Å²) in [6.45, 7) is 10.9. The second-order valence-corrected chi connectivity index (χ2v) is 7.22. The van der Waals surface area contributed by atoms with Gasteiger partial charge in [0, 0.05) is 0 Å². The molecule has 0 bridgehead atoms. The van der Waals surface area contributed by atoms with Crippen molar-refractivity contribution >= 4 is 6.71 Å². The van der Waals surface area contributed by atoms with E-state index in [1.807, 2.05) is 0 Å². The Balaban J connectivity index is 2.11. The Hall–Kier alpha value is 0.0649. The molecule has 0 radical (unpaired) electrons. The van der Waals surface area contributed by atoms with E-state index in [4.69, 9.17) is 0 Å². The van der Waals surface area contributed by atoms with Gasteiger partial charge < -0.3 is 0 Å². The summed E-state index contributed by atoms with van der Waals surface area (Å²) in [7, 11) is 0. The van der Waals surface area contributed by atoms with Crippen LogP contribution in [0.3, 0.4) is 0 Å². The van der Waals surface area contributed by atoms with Crippen molar-refractivity contribution in [1.29, 1.82) is 0 Å². The maximum absolute atomic E-state index is 2.52. The average molecular weight is 220 g/mol. The minimum absolute atomic E-state index is 0.559. The first-order valence-corrected chi connectivity index (χ1v) is 7.53. The van der Waals surface area contributed by atoms with Crippen molar-refractivity contribution in [2.45, 2.75) is 83.7 Å². The molecule has 92 valence electrons. The summed E-state index contributed by atoms with van der Waals surface area (Å²) in [5.41, 5.74) is 0. The van der Waals surface area contributed by atoms with E-state index in [1.54, 1.807) is 0 Å². The third-order valence-electron chi connectivity index (χ3n) is 6.03. The van der Waals surface area contributed by atoms with Crippen LogP contribution in [-0.4, -0.2) is 6.71 Å². The molecule has 0 aromatic heterocycles. The lowest BCUT2D eigenvalue weighted by atomic mass is 9.26. The molecule has 0 aromatic carbocycles. The van der Waals surface area contributed by atoms with Crippen molar-refractivity contribution < 1.29 is 0 Å². The Bertz CT molecular complexity index is 232. The molecule has 1 aliphatic carbocycles. The van der Waals surface area contributed by atoms with Crippen LogP contribution >= 0.6 is 0 Å². The highest BCUT2D eigenvalue weighted by Crippen LogP contribution is 2.55. The summed E-state index contributed by atoms with van der Waals surface area (Å²) in [6.07, 6.45) is 10.6. The van der Waals surface area contributed by atoms with E-state index in [9.17, 15) is 0 Å². The van der Waals surface area contributed by atoms with Crippen molar-refractivity contribution in [3.63, 3.8) is 0 Å². The standard InChI is InChI=1S/C15H29B/c1-12(2)15(3,4)16-11-10-13-8-6-5-7-9-14(13)16/h12-14H,5-11H2,1-4H3/t13-,14+/m1/s1. The molecule has 0 spiro atoms. The van der Waals surface area contributed by atoms with Gasteiger partial charge >= 0.3 is 0 Å². The van der Waals surface area contributed by atoms with Gasteiger partial charge in [0.2, 0.25) is 0 Å². The monoisotopic (exact) mass is 220 g/mol. The lowest BCUT2D eigenvalue weighted by molar-refractivity contribution is 0.439. The third-order valence-corrected chi connectivity index (χ3v) is 6.03. The quantitative estimate of drug-likeness (QED) is 0.556. The van der Waals surface area contributed by atoms with Crippen LogP contribution in [0.5, 0.6) is 0 Å². The molecule has 2 aliphatic rings. The van der Waals surface area contributed by atoms with E-state index in [0.717, 1.165) is 24.4 Å². The van der Waals surface area contributed by atoms with Crippen molar-refractivity contribution in [3.05, 3.63) is 0 Å². The van der Waals surface area contributed by atoms with Crippen LogP contribution in [-0.2, 0) is 0 Å². The normalized spacial score (nSPS) is 31.7. The second-order valence-electron chi connectivity index (χ2n) is 7.22. The molecule has 1 aliphatic heterocycles. The van der Waals surface area contributed by atoms with Crippen LogP contribution in [0.1, 0.15) is 66.2 Å². The summed E-state index contributed by atoms with van der Waals surface area (Å²) in [5.74, 6) is 2.99. The van der Waals surface area contributed by atoms with Gasteiger partial charge in [-0.1, -0.05) is 83.7 Å². The van der Waals surface area contributed by atoms with Gasteiger partial charge in [0.05, 0.1) is 0 Å². The largest absolute Gasteiger partial charge is 0.149 e. The molecule has 2 fully saturated rings. The van der Waals surface area contributed by atoms with Crippen LogP contribution in [0.4, 0.5) is 0 Å². The summed E-state index contributed by atoms with van der Waals surface area (Å²) in [4.78, 5) is 0. The van der Waals surface area contributed by atoms with Crippen molar-refractivity contribution in [2.75, 3.05) is 0 Å². The molecule has 1 saturated heterocycles. The number of fused-ring (bicyclic) bond motifs is 1. The Morgan fingerprint density at radius 2 is 1.69 bits per heavy atom. The zero-order valence-electron chi connectivity index (χ0n) is 11.8. The van der Waals surface area contributed by atoms with E-state index in [2.05, 4.69) is 27.7 Å². The van der Waals surface area contributed by atoms with Gasteiger partial charge in [0.25, 0.3) is 0 Å². The number of hydrogen-bond donors (Lipinski definition) is 0. The van der Waals surface area contributed by atoms with Crippen molar-refractivity contribution in [2.24, 2.45) is 11.8 Å². The maximum atomic E-state index is 2.52. The summed E-state index contributed by atoms with van der Waals surface area (Å²) in [6, 6.07) is 0. The van der Waals surface area contributed by atoms with Crippen LogP contribution in [0.25, 0.3) is 0 Å². The predicted octanol–water partition coefficient (Wildman–Crippen LogP) is 5.27. The molecule has 1 heteroatoms. The van der Waals surface area contributed by atoms with Crippen molar-refractivity contribution in [1.82, 2.24) is 0 Å². The third kappa shape index (κ3) is 2.20. The lowest BCUT2D eigenvalue weighted by Gasteiger charge is -2.38. The molecule has 0 amide bonds. The van der Waals surface area contributed by atoms with Crippen LogP contribution < -0.4 is 0 Å². The molecular weight excluding hydrogens is 191 g/mol. The smallest absolute Gasteiger partial charge is 0.0732 e. The van der Waals surface area contributed by atoms with E-state index < -0.39 is 0 Å². The molecular formula is C15H29B. The Morgan fingerprint density at radius 3 is 2.38 bits per heavy atom. The fraction of sp³-hybridized carbons (Fsp3) is 1.00. The lowest BCUT2D eigenvalue weighted by Crippen LogP contribution is -2.34. The van der Waals surface area contributed by atoms with E-state index in [1.165, 1.54) is 44.8 Å². The maximum Gasteiger partial charge on any atom is 0.149 e. The molecule has 16 heavy (non-hydrogen) atoms. The molecule has 2 rings (SSSR count). The van der Waals surface area contributed by atoms with Gasteiger partial charge in [-0.25, -0.2) is 0 Å². The number of rotatable bonds is 2. The van der Waals surface area contributed by atoms with Gasteiger partial charge in [-0.15, -0.1) is 0 Å². The molecule has 0 N–H and O–H groups in total. The van der Waals surface area contributed by atoms with Gasteiger partial charge in [0.1, 0.15) is 6.71 Å². The molecule has 1 heterocycles. The fourth-order valence-corrected chi connectivity index (χ4v) is 4.26. The zero-order valence-corrected chi connectivity index (χ0v) is 11.8. The molecule has 2 atom stereocenters. The summed E-state index contributed by atoms with van der Waals surface area (Å²) in [5, 5.41) is 0.559. The average Bonchev–Trinajstić information content (AvgIpc) is 2.49. The number of hydrogen-bond acceptors (Lipinski definition) is 0. The SMILES string of the molecule is CC(C)C(C)(C)B1CC[C@H]2CCCCC[C@H]12. The summed E-state index contributed by atoms with van der Waals surface area (Å²) < 4.78 is 0. The first-order valence-electron chi connectivity index (χ1n) is 7.53. The first kappa shape index (κ1) is 12.5. The highest BCUT2D eigenvalue weighted by atomic mass is 14.3. The van der Waals surface area contributed by atoms with Gasteiger partial charge in [-0.05, 0) is 11.8 Å². The fourth-order valence-electron chi connectivity index (χ4n) is 4.26. The van der Waals surface area contributed by atoms with Crippen LogP contribution in [0.15, 0.2) is 0 Å². The van der Waals surface area contributed by atoms with Gasteiger partial charge in [-0.2, -0.15) is 0 Å².